The van der Waals surface area contributed by atoms with Gasteiger partial charge < -0.3 is 19.7 Å². The molecule has 1 aliphatic carbocycles. The average molecular weight is 530 g/mol. The van der Waals surface area contributed by atoms with E-state index in [-0.39, 0.29) is 36.4 Å². The number of cyclic esters (lactones) is 1. The lowest BCUT2D eigenvalue weighted by molar-refractivity contribution is -0.119. The number of nitriles is 1. The number of nitrogens with one attached hydrogen (secondary N) is 1. The molecule has 0 spiro atoms. The first-order chi connectivity index (χ1) is 18.5. The van der Waals surface area contributed by atoms with E-state index in [4.69, 9.17) is 14.5 Å². The zero-order valence-electron chi connectivity index (χ0n) is 22.4. The Balaban J connectivity index is 1.16. The smallest absolute Gasteiger partial charge is 0.415 e. The fourth-order valence-electron chi connectivity index (χ4n) is 6.40. The third kappa shape index (κ3) is 4.08. The van der Waals surface area contributed by atoms with Crippen LogP contribution in [-0.2, 0) is 26.1 Å². The van der Waals surface area contributed by atoms with Crippen LogP contribution < -0.4 is 10.2 Å². The maximum atomic E-state index is 12.5. The van der Waals surface area contributed by atoms with Gasteiger partial charge in [0.15, 0.2) is 0 Å². The van der Waals surface area contributed by atoms with Crippen LogP contribution in [0, 0.1) is 23.2 Å². The van der Waals surface area contributed by atoms with E-state index in [0.29, 0.717) is 19.5 Å². The number of pyridine rings is 1. The standard InChI is InChI=1S/C29H31N5O5/c1-16(35)31-12-24-23-10-19-9-17(5-7-22(19)34(23)27(37)38-24)18-6-8-25(32-11-18)29(15-30)20-13-33(14-21(20)29)26(36)39-28(2,3)4/h5-9,11,20-21,23-24H,10,12-14H2,1-4H3,(H,31,35)/t20-,21+,23-,24-,29?/m0/s1. The number of nitrogens with zero attached hydrogens (tertiary/aromatic N) is 4. The minimum Gasteiger partial charge on any atom is -0.444 e. The predicted molar refractivity (Wildman–Crippen MR) is 141 cm³/mol. The molecule has 3 aliphatic heterocycles. The molecule has 10 heteroatoms. The number of aromatic nitrogens is 1. The van der Waals surface area contributed by atoms with Crippen molar-refractivity contribution in [2.75, 3.05) is 24.5 Å². The van der Waals surface area contributed by atoms with E-state index in [1.807, 2.05) is 45.0 Å². The SMILES string of the molecule is CC(=O)NC[C@@H]1OC(=O)N2c3ccc(-c4ccc(C5(C#N)[C@@H]6CN(C(=O)OC(C)(C)C)C[C@@H]65)nc4)cc3C[C@@H]12. The number of hydrogen-bond acceptors (Lipinski definition) is 7. The summed E-state index contributed by atoms with van der Waals surface area (Å²) in [6.45, 7) is 8.24. The van der Waals surface area contributed by atoms with Gasteiger partial charge in [0.05, 0.1) is 30.0 Å². The summed E-state index contributed by atoms with van der Waals surface area (Å²) >= 11 is 0. The van der Waals surface area contributed by atoms with E-state index < -0.39 is 23.2 Å². The van der Waals surface area contributed by atoms with Crippen molar-refractivity contribution in [3.8, 4) is 17.2 Å². The van der Waals surface area contributed by atoms with Gasteiger partial charge in [-0.2, -0.15) is 5.26 Å². The highest BCUT2D eigenvalue weighted by molar-refractivity contribution is 5.94. The monoisotopic (exact) mass is 529 g/mol. The van der Waals surface area contributed by atoms with Crippen LogP contribution in [0.15, 0.2) is 36.5 Å². The van der Waals surface area contributed by atoms with Crippen LogP contribution in [0.4, 0.5) is 15.3 Å². The molecule has 3 amide bonds. The fraction of sp³-hybridized carbons (Fsp3) is 0.483. The van der Waals surface area contributed by atoms with Gasteiger partial charge in [-0.1, -0.05) is 12.1 Å². The van der Waals surface area contributed by atoms with Crippen molar-refractivity contribution in [1.82, 2.24) is 15.2 Å². The van der Waals surface area contributed by atoms with Gasteiger partial charge in [0.2, 0.25) is 5.91 Å². The Hall–Kier alpha value is -4.13. The maximum Gasteiger partial charge on any atom is 0.415 e. The second kappa shape index (κ2) is 8.70. The molecule has 3 fully saturated rings. The second-order valence-electron chi connectivity index (χ2n) is 11.9. The molecule has 2 aromatic rings. The van der Waals surface area contributed by atoms with Crippen LogP contribution in [0.1, 0.15) is 39.0 Å². The zero-order valence-corrected chi connectivity index (χ0v) is 22.4. The van der Waals surface area contributed by atoms with Gasteiger partial charge in [-0.3, -0.25) is 14.7 Å². The summed E-state index contributed by atoms with van der Waals surface area (Å²) in [6.07, 6.45) is 1.30. The van der Waals surface area contributed by atoms with E-state index in [2.05, 4.69) is 17.5 Å². The van der Waals surface area contributed by atoms with Crippen LogP contribution in [0.5, 0.6) is 0 Å². The zero-order chi connectivity index (χ0) is 27.7. The number of ether oxygens (including phenoxy) is 2. The lowest BCUT2D eigenvalue weighted by Crippen LogP contribution is -2.40. The molecular formula is C29H31N5O5. The molecule has 0 radical (unpaired) electrons. The van der Waals surface area contributed by atoms with E-state index in [9.17, 15) is 19.6 Å². The molecule has 10 nitrogen and oxygen atoms in total. The largest absolute Gasteiger partial charge is 0.444 e. The molecule has 1 N–H and O–H groups in total. The highest BCUT2D eigenvalue weighted by atomic mass is 16.6. The van der Waals surface area contributed by atoms with Crippen LogP contribution in [-0.4, -0.2) is 65.4 Å². The molecule has 4 aliphatic rings. The molecule has 5 atom stereocenters. The Kier molecular flexibility index (Phi) is 5.61. The maximum absolute atomic E-state index is 12.5. The first-order valence-corrected chi connectivity index (χ1v) is 13.2. The summed E-state index contributed by atoms with van der Waals surface area (Å²) in [5, 5.41) is 12.9. The summed E-state index contributed by atoms with van der Waals surface area (Å²) in [5.74, 6) is -0.0642. The molecule has 4 heterocycles. The Morgan fingerprint density at radius 1 is 1.21 bits per heavy atom. The predicted octanol–water partition coefficient (Wildman–Crippen LogP) is 3.39. The first kappa shape index (κ1) is 25.2. The summed E-state index contributed by atoms with van der Waals surface area (Å²) in [6, 6.07) is 12.2. The number of piperidine rings is 1. The molecule has 1 saturated carbocycles. The van der Waals surface area contributed by atoms with Crippen molar-refractivity contribution in [3.63, 3.8) is 0 Å². The molecule has 0 bridgehead atoms. The summed E-state index contributed by atoms with van der Waals surface area (Å²) in [7, 11) is 0. The van der Waals surface area contributed by atoms with Gasteiger partial charge in [0, 0.05) is 43.6 Å². The summed E-state index contributed by atoms with van der Waals surface area (Å²) in [4.78, 5) is 44.4. The third-order valence-electron chi connectivity index (χ3n) is 8.27. The number of rotatable bonds is 4. The van der Waals surface area contributed by atoms with Crippen molar-refractivity contribution < 1.29 is 23.9 Å². The molecule has 39 heavy (non-hydrogen) atoms. The van der Waals surface area contributed by atoms with Crippen molar-refractivity contribution >= 4 is 23.8 Å². The topological polar surface area (TPSA) is 125 Å². The molecule has 1 unspecified atom stereocenters. The highest BCUT2D eigenvalue weighted by Crippen LogP contribution is 2.63. The van der Waals surface area contributed by atoms with Gasteiger partial charge in [0.1, 0.15) is 17.1 Å². The van der Waals surface area contributed by atoms with Gasteiger partial charge in [0.25, 0.3) is 0 Å². The number of benzene rings is 1. The Morgan fingerprint density at radius 3 is 2.54 bits per heavy atom. The van der Waals surface area contributed by atoms with Crippen molar-refractivity contribution in [2.24, 2.45) is 11.8 Å². The lowest BCUT2D eigenvalue weighted by atomic mass is 9.95. The minimum atomic E-state index is -0.678. The van der Waals surface area contributed by atoms with Crippen LogP contribution in [0.3, 0.4) is 0 Å². The Labute approximate surface area is 226 Å². The Morgan fingerprint density at radius 2 is 1.92 bits per heavy atom. The lowest BCUT2D eigenvalue weighted by Gasteiger charge is -2.27. The van der Waals surface area contributed by atoms with Crippen LogP contribution in [0.2, 0.25) is 0 Å². The van der Waals surface area contributed by atoms with Gasteiger partial charge in [-0.25, -0.2) is 9.59 Å². The van der Waals surface area contributed by atoms with Gasteiger partial charge in [-0.15, -0.1) is 0 Å². The fourth-order valence-corrected chi connectivity index (χ4v) is 6.40. The molecule has 202 valence electrons. The van der Waals surface area contributed by atoms with Gasteiger partial charge in [-0.05, 0) is 56.5 Å². The van der Waals surface area contributed by atoms with E-state index >= 15 is 0 Å². The number of amides is 3. The molecule has 2 saturated heterocycles. The van der Waals surface area contributed by atoms with E-state index in [1.54, 1.807) is 16.0 Å². The number of carbonyl (C=O) groups excluding carboxylic acids is 3. The van der Waals surface area contributed by atoms with Crippen molar-refractivity contribution in [1.29, 1.82) is 5.26 Å². The Bertz CT molecular complexity index is 1400. The van der Waals surface area contributed by atoms with E-state index in [0.717, 1.165) is 28.1 Å². The number of anilines is 1. The third-order valence-corrected chi connectivity index (χ3v) is 8.27. The molecule has 6 rings (SSSR count). The number of fused-ring (bicyclic) bond motifs is 4. The van der Waals surface area contributed by atoms with Crippen molar-refractivity contribution in [2.45, 2.75) is 57.3 Å². The normalized spacial score (nSPS) is 28.2. The van der Waals surface area contributed by atoms with Crippen molar-refractivity contribution in [3.05, 3.63) is 47.8 Å². The van der Waals surface area contributed by atoms with Crippen LogP contribution >= 0.6 is 0 Å². The molecule has 1 aromatic carbocycles. The molecule has 1 aromatic heterocycles. The minimum absolute atomic E-state index is 0.0482. The number of hydrogen-bond donors (Lipinski definition) is 1. The van der Waals surface area contributed by atoms with Crippen LogP contribution in [0.25, 0.3) is 11.1 Å². The quantitative estimate of drug-likeness (QED) is 0.644. The number of carbonyl (C=O) groups is 3. The average Bonchev–Trinajstić information content (AvgIpc) is 3.25. The summed E-state index contributed by atoms with van der Waals surface area (Å²) < 4.78 is 11.0. The first-order valence-electron chi connectivity index (χ1n) is 13.2. The number of likely N-dealkylation sites (tertiary alicyclic amines) is 1. The van der Waals surface area contributed by atoms with Gasteiger partial charge >= 0.3 is 12.2 Å². The summed E-state index contributed by atoms with van der Waals surface area (Å²) in [5.41, 5.74) is 3.25. The second-order valence-corrected chi connectivity index (χ2v) is 11.9. The highest BCUT2D eigenvalue weighted by Gasteiger charge is 2.71. The van der Waals surface area contributed by atoms with E-state index in [1.165, 1.54) is 6.92 Å². The molecular weight excluding hydrogens is 498 g/mol.